The normalized spacial score (nSPS) is 18.7. The molecule has 2 heterocycles. The highest BCUT2D eigenvalue weighted by atomic mass is 79.9. The van der Waals surface area contributed by atoms with Crippen molar-refractivity contribution in [2.24, 2.45) is 5.92 Å². The summed E-state index contributed by atoms with van der Waals surface area (Å²) in [5.74, 6) is -0.415. The number of nitrogens with zero attached hydrogens (tertiary/aromatic N) is 3. The zero-order chi connectivity index (χ0) is 12.5. The molecule has 0 saturated carbocycles. The fourth-order valence-corrected chi connectivity index (χ4v) is 3.12. The van der Waals surface area contributed by atoms with Gasteiger partial charge in [-0.15, -0.1) is 0 Å². The van der Waals surface area contributed by atoms with E-state index in [9.17, 15) is 13.2 Å². The molecular weight excluding hydrogens is 319 g/mol. The summed E-state index contributed by atoms with van der Waals surface area (Å²) in [6, 6.07) is 0. The van der Waals surface area contributed by atoms with Crippen molar-refractivity contribution >= 4 is 32.6 Å². The maximum absolute atomic E-state index is 12.3. The van der Waals surface area contributed by atoms with E-state index < -0.39 is 12.0 Å². The van der Waals surface area contributed by atoms with Crippen molar-refractivity contribution < 1.29 is 13.2 Å². The Labute approximate surface area is 109 Å². The Balaban J connectivity index is 2.02. The maximum Gasteiger partial charge on any atom is 0.452 e. The van der Waals surface area contributed by atoms with Gasteiger partial charge in [-0.1, -0.05) is 15.9 Å². The molecule has 0 aliphatic carbocycles. The van der Waals surface area contributed by atoms with Crippen molar-refractivity contribution in [3.63, 3.8) is 0 Å². The minimum Gasteiger partial charge on any atom is -0.347 e. The fraction of sp³-hybridized carbons (Fsp3) is 0.778. The summed E-state index contributed by atoms with van der Waals surface area (Å²) in [5.41, 5.74) is 0. The lowest BCUT2D eigenvalue weighted by Gasteiger charge is -2.30. The molecule has 8 heteroatoms. The predicted molar refractivity (Wildman–Crippen MR) is 63.6 cm³/mol. The molecule has 0 aromatic carbocycles. The van der Waals surface area contributed by atoms with E-state index in [1.807, 2.05) is 4.90 Å². The zero-order valence-electron chi connectivity index (χ0n) is 8.87. The average Bonchev–Trinajstić information content (AvgIpc) is 2.78. The number of aromatic nitrogens is 2. The first-order chi connectivity index (χ1) is 8.00. The maximum atomic E-state index is 12.3. The van der Waals surface area contributed by atoms with Crippen LogP contribution in [0.1, 0.15) is 18.7 Å². The molecule has 1 aromatic rings. The van der Waals surface area contributed by atoms with E-state index in [0.29, 0.717) is 11.0 Å². The van der Waals surface area contributed by atoms with Crippen molar-refractivity contribution in [2.75, 3.05) is 23.3 Å². The molecule has 96 valence electrons. The van der Waals surface area contributed by atoms with Crippen LogP contribution in [0, 0.1) is 5.92 Å². The summed E-state index contributed by atoms with van der Waals surface area (Å²) in [4.78, 5) is 5.43. The third-order valence-corrected chi connectivity index (χ3v) is 4.46. The monoisotopic (exact) mass is 329 g/mol. The van der Waals surface area contributed by atoms with Crippen molar-refractivity contribution in [1.29, 1.82) is 0 Å². The Morgan fingerprint density at radius 1 is 1.35 bits per heavy atom. The Bertz CT molecular complexity index is 374. The van der Waals surface area contributed by atoms with Crippen LogP contribution in [-0.2, 0) is 6.18 Å². The molecule has 0 spiro atoms. The van der Waals surface area contributed by atoms with Crippen LogP contribution in [-0.4, -0.2) is 27.8 Å². The van der Waals surface area contributed by atoms with E-state index >= 15 is 0 Å². The second-order valence-electron chi connectivity index (χ2n) is 3.98. The third kappa shape index (κ3) is 3.09. The lowest BCUT2D eigenvalue weighted by Crippen LogP contribution is -2.34. The zero-order valence-corrected chi connectivity index (χ0v) is 11.3. The first kappa shape index (κ1) is 13.1. The van der Waals surface area contributed by atoms with Gasteiger partial charge in [-0.2, -0.15) is 22.5 Å². The largest absolute Gasteiger partial charge is 0.452 e. The number of alkyl halides is 4. The van der Waals surface area contributed by atoms with Gasteiger partial charge in [0.05, 0.1) is 0 Å². The molecule has 0 radical (unpaired) electrons. The number of halogens is 4. The molecule has 0 amide bonds. The fourth-order valence-electron chi connectivity index (χ4n) is 1.74. The predicted octanol–water partition coefficient (Wildman–Crippen LogP) is 3.17. The number of anilines is 1. The van der Waals surface area contributed by atoms with Crippen LogP contribution in [0.5, 0.6) is 0 Å². The quantitative estimate of drug-likeness (QED) is 0.780. The summed E-state index contributed by atoms with van der Waals surface area (Å²) in [5, 5.41) is 1.33. The first-order valence-corrected chi connectivity index (χ1v) is 7.12. The SMILES string of the molecule is FC(F)(F)c1nsc(N2CCC(CBr)CC2)n1. The van der Waals surface area contributed by atoms with Gasteiger partial charge in [0, 0.05) is 30.0 Å². The van der Waals surface area contributed by atoms with Crippen LogP contribution in [0.4, 0.5) is 18.3 Å². The lowest BCUT2D eigenvalue weighted by molar-refractivity contribution is -0.144. The number of piperidine rings is 1. The molecule has 1 saturated heterocycles. The van der Waals surface area contributed by atoms with Gasteiger partial charge in [0.1, 0.15) is 0 Å². The number of hydrogen-bond donors (Lipinski definition) is 0. The molecule has 17 heavy (non-hydrogen) atoms. The van der Waals surface area contributed by atoms with E-state index in [4.69, 9.17) is 0 Å². The van der Waals surface area contributed by atoms with Gasteiger partial charge in [0.15, 0.2) is 0 Å². The van der Waals surface area contributed by atoms with Crippen LogP contribution in [0.2, 0.25) is 0 Å². The minimum atomic E-state index is -4.44. The second kappa shape index (κ2) is 5.09. The average molecular weight is 330 g/mol. The van der Waals surface area contributed by atoms with Crippen LogP contribution in [0.15, 0.2) is 0 Å². The van der Waals surface area contributed by atoms with Gasteiger partial charge in [-0.25, -0.2) is 0 Å². The van der Waals surface area contributed by atoms with E-state index in [2.05, 4.69) is 25.3 Å². The molecule has 0 unspecified atom stereocenters. The highest BCUT2D eigenvalue weighted by molar-refractivity contribution is 9.09. The molecule has 3 nitrogen and oxygen atoms in total. The summed E-state index contributed by atoms with van der Waals surface area (Å²) in [6.07, 6.45) is -2.48. The van der Waals surface area contributed by atoms with Crippen LogP contribution < -0.4 is 4.90 Å². The van der Waals surface area contributed by atoms with Gasteiger partial charge in [-0.3, -0.25) is 0 Å². The van der Waals surface area contributed by atoms with Crippen molar-refractivity contribution in [3.8, 4) is 0 Å². The summed E-state index contributed by atoms with van der Waals surface area (Å²) >= 11 is 4.25. The molecule has 1 aliphatic rings. The summed E-state index contributed by atoms with van der Waals surface area (Å²) < 4.78 is 40.4. The Morgan fingerprint density at radius 3 is 2.47 bits per heavy atom. The molecule has 1 aliphatic heterocycles. The van der Waals surface area contributed by atoms with Crippen LogP contribution in [0.3, 0.4) is 0 Å². The highest BCUT2D eigenvalue weighted by Crippen LogP contribution is 2.31. The van der Waals surface area contributed by atoms with Crippen LogP contribution in [0.25, 0.3) is 0 Å². The lowest BCUT2D eigenvalue weighted by atomic mass is 10.00. The molecule has 0 N–H and O–H groups in total. The molecule has 2 rings (SSSR count). The van der Waals surface area contributed by atoms with E-state index in [-0.39, 0.29) is 0 Å². The van der Waals surface area contributed by atoms with Crippen molar-refractivity contribution in [3.05, 3.63) is 5.82 Å². The second-order valence-corrected chi connectivity index (χ2v) is 5.36. The first-order valence-electron chi connectivity index (χ1n) is 5.22. The molecule has 1 fully saturated rings. The van der Waals surface area contributed by atoms with Gasteiger partial charge in [-0.05, 0) is 18.8 Å². The summed E-state index contributed by atoms with van der Waals surface area (Å²) in [7, 11) is 0. The van der Waals surface area contributed by atoms with E-state index in [1.54, 1.807) is 0 Å². The van der Waals surface area contributed by atoms with E-state index in [0.717, 1.165) is 42.8 Å². The Morgan fingerprint density at radius 2 is 2.00 bits per heavy atom. The Kier molecular flexibility index (Phi) is 3.92. The molecule has 1 aromatic heterocycles. The van der Waals surface area contributed by atoms with Crippen molar-refractivity contribution in [2.45, 2.75) is 19.0 Å². The standard InChI is InChI=1S/C9H11BrF3N3S/c10-5-6-1-3-16(4-2-6)8-14-7(15-17-8)9(11,12)13/h6H,1-5H2. The molecule has 0 bridgehead atoms. The topological polar surface area (TPSA) is 29.0 Å². The van der Waals surface area contributed by atoms with E-state index in [1.165, 1.54) is 0 Å². The molecule has 0 atom stereocenters. The minimum absolute atomic E-state index is 0.380. The smallest absolute Gasteiger partial charge is 0.347 e. The number of hydrogen-bond acceptors (Lipinski definition) is 4. The number of rotatable bonds is 2. The molecular formula is C9H11BrF3N3S. The Hall–Kier alpha value is -0.370. The van der Waals surface area contributed by atoms with Gasteiger partial charge in [0.25, 0.3) is 0 Å². The third-order valence-electron chi connectivity index (χ3n) is 2.77. The highest BCUT2D eigenvalue weighted by Gasteiger charge is 2.36. The van der Waals surface area contributed by atoms with Crippen LogP contribution >= 0.6 is 27.5 Å². The summed E-state index contributed by atoms with van der Waals surface area (Å²) in [6.45, 7) is 1.51. The van der Waals surface area contributed by atoms with Gasteiger partial charge < -0.3 is 4.90 Å². The van der Waals surface area contributed by atoms with Gasteiger partial charge >= 0.3 is 6.18 Å². The van der Waals surface area contributed by atoms with Crippen molar-refractivity contribution in [1.82, 2.24) is 9.36 Å². The van der Waals surface area contributed by atoms with Gasteiger partial charge in [0.2, 0.25) is 11.0 Å².